The van der Waals surface area contributed by atoms with Crippen LogP contribution >= 0.6 is 0 Å². The summed E-state index contributed by atoms with van der Waals surface area (Å²) in [6.07, 6.45) is 0.543. The predicted octanol–water partition coefficient (Wildman–Crippen LogP) is 1.92. The van der Waals surface area contributed by atoms with E-state index < -0.39 is 0 Å². The Balaban J connectivity index is 2.79. The van der Waals surface area contributed by atoms with Crippen molar-refractivity contribution in [2.75, 3.05) is 6.61 Å². The third-order valence-corrected chi connectivity index (χ3v) is 2.89. The summed E-state index contributed by atoms with van der Waals surface area (Å²) in [6.45, 7) is 8.03. The lowest BCUT2D eigenvalue weighted by atomic mass is 9.85. The number of aliphatic hydroxyl groups is 1. The molecule has 100 valence electrons. The Morgan fingerprint density at radius 1 is 1.44 bits per heavy atom. The van der Waals surface area contributed by atoms with E-state index in [0.29, 0.717) is 12.1 Å². The van der Waals surface area contributed by atoms with E-state index in [4.69, 9.17) is 5.11 Å². The molecule has 1 aromatic heterocycles. The summed E-state index contributed by atoms with van der Waals surface area (Å²) in [5.74, 6) is -0.188. The first-order chi connectivity index (χ1) is 8.34. The Kier molecular flexibility index (Phi) is 4.84. The van der Waals surface area contributed by atoms with Crippen molar-refractivity contribution in [1.82, 2.24) is 10.3 Å². The maximum absolute atomic E-state index is 12.1. The van der Waals surface area contributed by atoms with E-state index in [1.54, 1.807) is 6.07 Å². The average Bonchev–Trinajstić information content (AvgIpc) is 2.27. The maximum atomic E-state index is 12.1. The number of nitrogens with zero attached hydrogens (tertiary/aromatic N) is 1. The Morgan fingerprint density at radius 3 is 2.61 bits per heavy atom. The lowest BCUT2D eigenvalue weighted by Crippen LogP contribution is -2.44. The highest BCUT2D eigenvalue weighted by Gasteiger charge is 2.26. The molecule has 1 amide bonds. The van der Waals surface area contributed by atoms with Crippen LogP contribution in [-0.4, -0.2) is 28.6 Å². The number of rotatable bonds is 4. The second-order valence-corrected chi connectivity index (χ2v) is 5.57. The van der Waals surface area contributed by atoms with Crippen LogP contribution in [0.3, 0.4) is 0 Å². The second-order valence-electron chi connectivity index (χ2n) is 5.57. The molecule has 0 aliphatic heterocycles. The highest BCUT2D eigenvalue weighted by molar-refractivity contribution is 5.92. The van der Waals surface area contributed by atoms with Gasteiger partial charge >= 0.3 is 0 Å². The molecule has 4 nitrogen and oxygen atoms in total. The zero-order valence-corrected chi connectivity index (χ0v) is 11.5. The number of aromatic nitrogens is 1. The normalized spacial score (nSPS) is 13.2. The van der Waals surface area contributed by atoms with Crippen molar-refractivity contribution in [2.24, 2.45) is 5.41 Å². The SMILES string of the molecule is Cc1cccc(C(=O)NC(CCO)C(C)(C)C)n1. The number of hydrogen-bond donors (Lipinski definition) is 2. The van der Waals surface area contributed by atoms with Gasteiger partial charge in [0.25, 0.3) is 5.91 Å². The van der Waals surface area contributed by atoms with Gasteiger partial charge in [-0.15, -0.1) is 0 Å². The molecule has 0 fully saturated rings. The topological polar surface area (TPSA) is 62.2 Å². The van der Waals surface area contributed by atoms with Gasteiger partial charge in [-0.05, 0) is 30.9 Å². The van der Waals surface area contributed by atoms with Gasteiger partial charge in [-0.2, -0.15) is 0 Å². The fourth-order valence-electron chi connectivity index (χ4n) is 1.75. The van der Waals surface area contributed by atoms with Crippen molar-refractivity contribution in [3.63, 3.8) is 0 Å². The van der Waals surface area contributed by atoms with E-state index in [-0.39, 0.29) is 24.0 Å². The first kappa shape index (κ1) is 14.6. The molecule has 2 N–H and O–H groups in total. The Labute approximate surface area is 108 Å². The van der Waals surface area contributed by atoms with Crippen molar-refractivity contribution in [2.45, 2.75) is 40.2 Å². The molecular formula is C14H22N2O2. The summed E-state index contributed by atoms with van der Waals surface area (Å²) < 4.78 is 0. The van der Waals surface area contributed by atoms with Crippen molar-refractivity contribution in [1.29, 1.82) is 0 Å². The predicted molar refractivity (Wildman–Crippen MR) is 71.4 cm³/mol. The van der Waals surface area contributed by atoms with Gasteiger partial charge in [-0.25, -0.2) is 4.98 Å². The molecule has 1 heterocycles. The Bertz CT molecular complexity index is 411. The lowest BCUT2D eigenvalue weighted by molar-refractivity contribution is 0.0880. The lowest BCUT2D eigenvalue weighted by Gasteiger charge is -2.31. The molecule has 1 unspecified atom stereocenters. The number of aryl methyl sites for hydroxylation is 1. The quantitative estimate of drug-likeness (QED) is 0.858. The number of aliphatic hydroxyl groups excluding tert-OH is 1. The molecule has 1 rings (SSSR count). The van der Waals surface area contributed by atoms with Crippen LogP contribution in [-0.2, 0) is 0 Å². The smallest absolute Gasteiger partial charge is 0.270 e. The first-order valence-corrected chi connectivity index (χ1v) is 6.20. The molecule has 0 radical (unpaired) electrons. The van der Waals surface area contributed by atoms with Gasteiger partial charge in [0.15, 0.2) is 0 Å². The van der Waals surface area contributed by atoms with Crippen LogP contribution in [0.1, 0.15) is 43.4 Å². The van der Waals surface area contributed by atoms with Gasteiger partial charge in [0, 0.05) is 18.3 Å². The number of carbonyl (C=O) groups excluding carboxylic acids is 1. The molecular weight excluding hydrogens is 228 g/mol. The van der Waals surface area contributed by atoms with Crippen LogP contribution in [0.2, 0.25) is 0 Å². The second kappa shape index (κ2) is 5.96. The fourth-order valence-corrected chi connectivity index (χ4v) is 1.75. The average molecular weight is 250 g/mol. The van der Waals surface area contributed by atoms with Gasteiger partial charge in [0.1, 0.15) is 5.69 Å². The van der Waals surface area contributed by atoms with Crippen LogP contribution in [0.15, 0.2) is 18.2 Å². The highest BCUT2D eigenvalue weighted by atomic mass is 16.3. The van der Waals surface area contributed by atoms with Gasteiger partial charge in [-0.1, -0.05) is 26.8 Å². The number of nitrogens with one attached hydrogen (secondary N) is 1. The number of amides is 1. The first-order valence-electron chi connectivity index (χ1n) is 6.20. The van der Waals surface area contributed by atoms with Crippen LogP contribution in [0, 0.1) is 12.3 Å². The van der Waals surface area contributed by atoms with Gasteiger partial charge in [-0.3, -0.25) is 4.79 Å². The minimum atomic E-state index is -0.188. The molecule has 0 aliphatic carbocycles. The number of hydrogen-bond acceptors (Lipinski definition) is 3. The third kappa shape index (κ3) is 4.11. The van der Waals surface area contributed by atoms with E-state index in [0.717, 1.165) is 5.69 Å². The summed E-state index contributed by atoms with van der Waals surface area (Å²) in [7, 11) is 0. The highest BCUT2D eigenvalue weighted by Crippen LogP contribution is 2.21. The molecule has 0 aromatic carbocycles. The summed E-state index contributed by atoms with van der Waals surface area (Å²) >= 11 is 0. The molecule has 1 atom stereocenters. The number of carbonyl (C=O) groups is 1. The molecule has 0 aliphatic rings. The summed E-state index contributed by atoms with van der Waals surface area (Å²) in [6, 6.07) is 5.29. The molecule has 0 spiro atoms. The van der Waals surface area contributed by atoms with E-state index in [9.17, 15) is 4.79 Å². The van der Waals surface area contributed by atoms with Crippen LogP contribution in [0.25, 0.3) is 0 Å². The monoisotopic (exact) mass is 250 g/mol. The number of pyridine rings is 1. The Morgan fingerprint density at radius 2 is 2.11 bits per heavy atom. The molecule has 1 aromatic rings. The molecule has 0 saturated carbocycles. The van der Waals surface area contributed by atoms with E-state index >= 15 is 0 Å². The van der Waals surface area contributed by atoms with Gasteiger partial charge in [0.05, 0.1) is 0 Å². The summed E-state index contributed by atoms with van der Waals surface area (Å²) in [5, 5.41) is 12.0. The van der Waals surface area contributed by atoms with Gasteiger partial charge < -0.3 is 10.4 Å². The zero-order chi connectivity index (χ0) is 13.8. The molecule has 0 bridgehead atoms. The maximum Gasteiger partial charge on any atom is 0.270 e. The Hall–Kier alpha value is -1.42. The largest absolute Gasteiger partial charge is 0.396 e. The minimum absolute atomic E-state index is 0.0590. The van der Waals surface area contributed by atoms with Crippen molar-refractivity contribution < 1.29 is 9.90 Å². The van der Waals surface area contributed by atoms with E-state index in [2.05, 4.69) is 10.3 Å². The third-order valence-electron chi connectivity index (χ3n) is 2.89. The van der Waals surface area contributed by atoms with E-state index in [1.807, 2.05) is 39.8 Å². The van der Waals surface area contributed by atoms with Crippen LogP contribution in [0.5, 0.6) is 0 Å². The van der Waals surface area contributed by atoms with Crippen LogP contribution < -0.4 is 5.32 Å². The van der Waals surface area contributed by atoms with Gasteiger partial charge in [0.2, 0.25) is 0 Å². The van der Waals surface area contributed by atoms with Crippen molar-refractivity contribution >= 4 is 5.91 Å². The van der Waals surface area contributed by atoms with E-state index in [1.165, 1.54) is 0 Å². The van der Waals surface area contributed by atoms with Crippen molar-refractivity contribution in [3.05, 3.63) is 29.6 Å². The fraction of sp³-hybridized carbons (Fsp3) is 0.571. The minimum Gasteiger partial charge on any atom is -0.396 e. The zero-order valence-electron chi connectivity index (χ0n) is 11.5. The van der Waals surface area contributed by atoms with Crippen LogP contribution in [0.4, 0.5) is 0 Å². The summed E-state index contributed by atoms with van der Waals surface area (Å²) in [4.78, 5) is 16.3. The standard InChI is InChI=1S/C14H22N2O2/c1-10-6-5-7-11(15-10)13(18)16-12(8-9-17)14(2,3)4/h5-7,12,17H,8-9H2,1-4H3,(H,16,18). The molecule has 0 saturated heterocycles. The van der Waals surface area contributed by atoms with Crippen molar-refractivity contribution in [3.8, 4) is 0 Å². The molecule has 4 heteroatoms. The molecule has 18 heavy (non-hydrogen) atoms. The summed E-state index contributed by atoms with van der Waals surface area (Å²) in [5.41, 5.74) is 1.14.